The van der Waals surface area contributed by atoms with Gasteiger partial charge in [-0.05, 0) is 125 Å². The van der Waals surface area contributed by atoms with Crippen molar-refractivity contribution in [2.75, 3.05) is 10.6 Å². The molecule has 0 spiro atoms. The second kappa shape index (κ2) is 47.3. The minimum Gasteiger partial charge on any atom is -0.342 e. The van der Waals surface area contributed by atoms with Crippen LogP contribution in [0.4, 0.5) is 22.7 Å². The summed E-state index contributed by atoms with van der Waals surface area (Å²) in [5.41, 5.74) is 22.9. The molecule has 0 aliphatic carbocycles. The van der Waals surface area contributed by atoms with Gasteiger partial charge in [-0.3, -0.25) is 19.6 Å². The SMILES string of the molecule is CC.CC.CC.CC.CC.CC.CC(C)(C)C(=O)Nc1ccc(C(C)(C)C)cc1.CC(C)(C)C(=O)Nc1ccc(C(C)(C)C)cc1.CC(C)(C)C1=Nc2cc(C(C)(C)C)ccc2C1.CC(C)(C)C1=Nc2cc(C(C)(C)C)ccc2C1.CC(C)(C)c1ccc(-c2cnc(C(C)(C)C)[nH]2)cc1.CC(C)(C)c1ccc(-c2cnc(C(C)(C)C)[nH]2)cc1. The van der Waals surface area contributed by atoms with Crippen molar-refractivity contribution in [2.45, 2.75) is 389 Å². The van der Waals surface area contributed by atoms with Crippen molar-refractivity contribution >= 4 is 46.0 Å². The number of hydrogen-bond acceptors (Lipinski definition) is 6. The van der Waals surface area contributed by atoms with Crippen LogP contribution >= 0.6 is 0 Å². The lowest BCUT2D eigenvalue weighted by Gasteiger charge is -2.20. The number of carbonyl (C=O) groups is 2. The Morgan fingerprint density at radius 3 is 0.669 bits per heavy atom. The Hall–Kier alpha value is -7.98. The third-order valence-electron chi connectivity index (χ3n) is 18.9. The Morgan fingerprint density at radius 2 is 0.483 bits per heavy atom. The van der Waals surface area contributed by atoms with E-state index in [4.69, 9.17) is 9.98 Å². The molecule has 2 aromatic heterocycles. The van der Waals surface area contributed by atoms with Gasteiger partial charge < -0.3 is 20.6 Å². The molecule has 2 amide bonds. The highest BCUT2D eigenvalue weighted by molar-refractivity contribution is 5.99. The maximum atomic E-state index is 11.8. The first-order valence-electron chi connectivity index (χ1n) is 44.5. The first-order chi connectivity index (χ1) is 53.9. The predicted octanol–water partition coefficient (Wildman–Crippen LogP) is 32.8. The quantitative estimate of drug-likeness (QED) is 0.139. The Bertz CT molecular complexity index is 3970. The number of fused-ring (bicyclic) bond motifs is 2. The van der Waals surface area contributed by atoms with Crippen LogP contribution in [0.2, 0.25) is 0 Å². The van der Waals surface area contributed by atoms with Crippen LogP contribution in [0.15, 0.2) is 156 Å². The van der Waals surface area contributed by atoms with E-state index in [1.165, 1.54) is 78.4 Å². The number of carbonyl (C=O) groups excluding carboxylic acids is 2. The van der Waals surface area contributed by atoms with Crippen molar-refractivity contribution in [3.8, 4) is 22.5 Å². The molecule has 0 saturated carbocycles. The summed E-state index contributed by atoms with van der Waals surface area (Å²) in [5, 5.41) is 5.84. The van der Waals surface area contributed by atoms with Crippen molar-refractivity contribution in [2.24, 2.45) is 31.6 Å². The number of aliphatic imine (C=N–C) groups is 2. The smallest absolute Gasteiger partial charge is 0.229 e. The topological polar surface area (TPSA) is 140 Å². The molecule has 0 saturated heterocycles. The standard InChI is InChI=1S/2C17H24N2.2C16H23N.2C15H23NO.6C2H6/c2*1-16(2,3)13-9-7-12(8-10-13)14-11-18-15(19-14)17(4,5)6;2*1-15(2,3)12-8-7-11-9-14(16(4,5)6)17-13(11)10-12;2*1-14(2,3)11-7-9-12(10-8-11)16-13(17)15(4,5)6;6*1-2/h2*7-11H,1-6H3,(H,18,19);2*7-8,10H,9H2,1-6H3;2*7-10H,1-6H3,(H,16,17);6*1-2H3. The highest BCUT2D eigenvalue weighted by Crippen LogP contribution is 2.39. The molecule has 10 rings (SSSR count). The summed E-state index contributed by atoms with van der Waals surface area (Å²) in [4.78, 5) is 49.0. The molecular weight excluding hydrogens is 1440 g/mol. The molecule has 10 nitrogen and oxygen atoms in total. The largest absolute Gasteiger partial charge is 0.342 e. The number of benzene rings is 6. The second-order valence-corrected chi connectivity index (χ2v) is 41.7. The second-order valence-electron chi connectivity index (χ2n) is 41.7. The van der Waals surface area contributed by atoms with E-state index in [0.717, 1.165) is 47.3 Å². The molecule has 2 aliphatic rings. The van der Waals surface area contributed by atoms with Crippen LogP contribution in [0.3, 0.4) is 0 Å². The fourth-order valence-electron chi connectivity index (χ4n) is 10.9. The van der Waals surface area contributed by atoms with Crippen molar-refractivity contribution < 1.29 is 9.59 Å². The molecule has 10 heteroatoms. The minimum absolute atomic E-state index is 0.0426. The molecule has 6 aromatic carbocycles. The van der Waals surface area contributed by atoms with Gasteiger partial charge in [0.05, 0.1) is 35.2 Å². The number of nitrogens with zero attached hydrogens (tertiary/aromatic N) is 4. The van der Waals surface area contributed by atoms with Gasteiger partial charge in [0, 0.05) is 68.1 Å². The molecule has 4 N–H and O–H groups in total. The van der Waals surface area contributed by atoms with E-state index >= 15 is 0 Å². The van der Waals surface area contributed by atoms with Gasteiger partial charge in [-0.25, -0.2) is 9.97 Å². The average molecular weight is 1620 g/mol. The van der Waals surface area contributed by atoms with Gasteiger partial charge >= 0.3 is 0 Å². The van der Waals surface area contributed by atoms with E-state index in [1.807, 2.05) is 161 Å². The van der Waals surface area contributed by atoms with E-state index in [2.05, 4.69) is 347 Å². The van der Waals surface area contributed by atoms with Gasteiger partial charge in [0.2, 0.25) is 11.8 Å². The first kappa shape index (κ1) is 112. The summed E-state index contributed by atoms with van der Waals surface area (Å²) in [6.07, 6.45) is 5.88. The van der Waals surface area contributed by atoms with Crippen LogP contribution in [0, 0.1) is 21.7 Å². The van der Waals surface area contributed by atoms with E-state index < -0.39 is 0 Å². The van der Waals surface area contributed by atoms with Crippen LogP contribution < -0.4 is 10.6 Å². The zero-order valence-electron chi connectivity index (χ0n) is 84.9. The van der Waals surface area contributed by atoms with Gasteiger partial charge in [-0.15, -0.1) is 0 Å². The molecule has 0 bridgehead atoms. The summed E-state index contributed by atoms with van der Waals surface area (Å²) in [7, 11) is 0. The van der Waals surface area contributed by atoms with Gasteiger partial charge in [-0.1, -0.05) is 429 Å². The van der Waals surface area contributed by atoms with Gasteiger partial charge in [0.25, 0.3) is 0 Å². The lowest BCUT2D eigenvalue weighted by molar-refractivity contribution is -0.123. The predicted molar refractivity (Wildman–Crippen MR) is 528 cm³/mol. The maximum Gasteiger partial charge on any atom is 0.229 e. The van der Waals surface area contributed by atoms with Crippen LogP contribution in [0.1, 0.15) is 388 Å². The fraction of sp³-hybridized carbons (Fsp3) is 0.574. The van der Waals surface area contributed by atoms with Crippen molar-refractivity contribution in [3.05, 3.63) is 202 Å². The Labute approximate surface area is 726 Å². The van der Waals surface area contributed by atoms with Crippen molar-refractivity contribution in [3.63, 3.8) is 0 Å². The molecule has 8 aromatic rings. The van der Waals surface area contributed by atoms with Crippen LogP contribution in [0.5, 0.6) is 0 Å². The highest BCUT2D eigenvalue weighted by Gasteiger charge is 2.30. The summed E-state index contributed by atoms with van der Waals surface area (Å²) >= 11 is 0. The van der Waals surface area contributed by atoms with E-state index in [-0.39, 0.29) is 76.8 Å². The monoisotopic (exact) mass is 1620 g/mol. The zero-order valence-corrected chi connectivity index (χ0v) is 84.9. The number of imidazole rings is 2. The van der Waals surface area contributed by atoms with Crippen molar-refractivity contribution in [1.82, 2.24) is 19.9 Å². The Kier molecular flexibility index (Phi) is 44.9. The van der Waals surface area contributed by atoms with Crippen LogP contribution in [-0.2, 0) is 65.8 Å². The number of nitrogens with one attached hydrogen (secondary N) is 4. The van der Waals surface area contributed by atoms with E-state index in [1.54, 1.807) is 0 Å². The molecular formula is C108H176N8O2. The normalized spacial score (nSPS) is 12.5. The summed E-state index contributed by atoms with van der Waals surface area (Å²) in [6.45, 7) is 102. The number of aromatic nitrogens is 4. The lowest BCUT2D eigenvalue weighted by Crippen LogP contribution is -2.27. The summed E-state index contributed by atoms with van der Waals surface area (Å²) in [6, 6.07) is 47.1. The number of anilines is 2. The summed E-state index contributed by atoms with van der Waals surface area (Å²) in [5.74, 6) is 2.15. The zero-order chi connectivity index (χ0) is 92.7. The first-order valence-corrected chi connectivity index (χ1v) is 44.5. The fourth-order valence-corrected chi connectivity index (χ4v) is 10.9. The van der Waals surface area contributed by atoms with Gasteiger partial charge in [-0.2, -0.15) is 0 Å². The average Bonchev–Trinajstić information content (AvgIpc) is 1.65. The lowest BCUT2D eigenvalue weighted by atomic mass is 9.85. The van der Waals surface area contributed by atoms with Crippen LogP contribution in [0.25, 0.3) is 22.5 Å². The number of hydrogen-bond donors (Lipinski definition) is 4. The van der Waals surface area contributed by atoms with Crippen molar-refractivity contribution in [1.29, 1.82) is 0 Å². The Balaban J connectivity index is 0. The number of amides is 2. The molecule has 2 aliphatic heterocycles. The number of aromatic amines is 2. The summed E-state index contributed by atoms with van der Waals surface area (Å²) < 4.78 is 0. The maximum absolute atomic E-state index is 11.8. The van der Waals surface area contributed by atoms with E-state index in [0.29, 0.717) is 0 Å². The van der Waals surface area contributed by atoms with Gasteiger partial charge in [0.15, 0.2) is 0 Å². The van der Waals surface area contributed by atoms with Crippen LogP contribution in [-0.4, -0.2) is 43.2 Å². The highest BCUT2D eigenvalue weighted by atomic mass is 16.2. The molecule has 118 heavy (non-hydrogen) atoms. The third-order valence-corrected chi connectivity index (χ3v) is 18.9. The number of rotatable bonds is 4. The molecule has 0 radical (unpaired) electrons. The molecule has 0 fully saturated rings. The third kappa shape index (κ3) is 38.2. The minimum atomic E-state index is -0.358. The Morgan fingerprint density at radius 1 is 0.271 bits per heavy atom. The number of H-pyrrole nitrogens is 2. The molecule has 660 valence electrons. The molecule has 0 atom stereocenters. The molecule has 4 heterocycles. The molecule has 0 unspecified atom stereocenters. The van der Waals surface area contributed by atoms with E-state index in [9.17, 15) is 9.59 Å². The van der Waals surface area contributed by atoms with Gasteiger partial charge in [0.1, 0.15) is 11.6 Å².